The molecular formula is C12H15NO2. The van der Waals surface area contributed by atoms with E-state index < -0.39 is 0 Å². The molecule has 0 bridgehead atoms. The average Bonchev–Trinajstić information content (AvgIpc) is 2.21. The molecule has 1 saturated heterocycles. The molecule has 0 aliphatic carbocycles. The molecule has 1 heterocycles. The Morgan fingerprint density at radius 3 is 2.80 bits per heavy atom. The number of carbonyl (C=O) groups excluding carboxylic acids is 2. The van der Waals surface area contributed by atoms with E-state index in [9.17, 15) is 9.59 Å². The molecular weight excluding hydrogens is 190 g/mol. The van der Waals surface area contributed by atoms with E-state index in [4.69, 9.17) is 0 Å². The van der Waals surface area contributed by atoms with E-state index in [1.165, 1.54) is 0 Å². The number of carbonyl (C=O) groups is 2. The summed E-state index contributed by atoms with van der Waals surface area (Å²) in [6, 6.07) is 0. The number of rotatable bonds is 3. The predicted molar refractivity (Wildman–Crippen MR) is 59.0 cm³/mol. The van der Waals surface area contributed by atoms with Crippen molar-refractivity contribution in [2.45, 2.75) is 19.8 Å². The summed E-state index contributed by atoms with van der Waals surface area (Å²) in [6.45, 7) is 5.46. The minimum absolute atomic E-state index is 0.181. The first kappa shape index (κ1) is 11.4. The van der Waals surface area contributed by atoms with Gasteiger partial charge in [-0.15, -0.1) is 0 Å². The minimum Gasteiger partial charge on any atom is -0.296 e. The van der Waals surface area contributed by atoms with Crippen molar-refractivity contribution in [3.05, 3.63) is 36.5 Å². The van der Waals surface area contributed by atoms with Crippen LogP contribution in [0.5, 0.6) is 0 Å². The number of hydrogen-bond donors (Lipinski definition) is 1. The molecule has 1 N–H and O–H groups in total. The highest BCUT2D eigenvalue weighted by atomic mass is 16.2. The maximum Gasteiger partial charge on any atom is 0.234 e. The zero-order valence-corrected chi connectivity index (χ0v) is 8.82. The maximum absolute atomic E-state index is 11.5. The van der Waals surface area contributed by atoms with Gasteiger partial charge < -0.3 is 0 Å². The fourth-order valence-electron chi connectivity index (χ4n) is 1.60. The molecule has 15 heavy (non-hydrogen) atoms. The quantitative estimate of drug-likeness (QED) is 0.563. The Morgan fingerprint density at radius 2 is 2.27 bits per heavy atom. The Morgan fingerprint density at radius 1 is 1.53 bits per heavy atom. The predicted octanol–water partition coefficient (Wildman–Crippen LogP) is 1.73. The third-order valence-electron chi connectivity index (χ3n) is 2.40. The highest BCUT2D eigenvalue weighted by Crippen LogP contribution is 2.22. The Bertz CT molecular complexity index is 340. The second-order valence-corrected chi connectivity index (χ2v) is 3.39. The van der Waals surface area contributed by atoms with E-state index >= 15 is 0 Å². The van der Waals surface area contributed by atoms with Gasteiger partial charge in [0.05, 0.1) is 5.92 Å². The van der Waals surface area contributed by atoms with Crippen LogP contribution in [0.15, 0.2) is 36.5 Å². The van der Waals surface area contributed by atoms with Gasteiger partial charge in [0.15, 0.2) is 0 Å². The summed E-state index contributed by atoms with van der Waals surface area (Å²) in [5.74, 6) is -0.587. The van der Waals surface area contributed by atoms with Crippen molar-refractivity contribution in [2.75, 3.05) is 0 Å². The second kappa shape index (κ2) is 5.29. The summed E-state index contributed by atoms with van der Waals surface area (Å²) in [7, 11) is 0. The van der Waals surface area contributed by atoms with Crippen molar-refractivity contribution in [1.82, 2.24) is 5.32 Å². The molecule has 80 valence electrons. The summed E-state index contributed by atoms with van der Waals surface area (Å²) < 4.78 is 0. The Kier molecular flexibility index (Phi) is 4.03. The fraction of sp³-hybridized carbons (Fsp3) is 0.333. The van der Waals surface area contributed by atoms with E-state index in [2.05, 4.69) is 11.9 Å². The second-order valence-electron chi connectivity index (χ2n) is 3.39. The van der Waals surface area contributed by atoms with Gasteiger partial charge in [-0.3, -0.25) is 14.9 Å². The average molecular weight is 205 g/mol. The standard InChI is InChI=1S/C12H15NO2/c1-3-5-6-9(4-2)10-7-8-11(14)13-12(10)15/h3-6,10H,1,7-8H2,2H3,(H,13,14,15)/b6-5-,9-4+. The third-order valence-corrected chi connectivity index (χ3v) is 2.40. The van der Waals surface area contributed by atoms with Crippen LogP contribution < -0.4 is 5.32 Å². The first-order chi connectivity index (χ1) is 7.19. The molecule has 1 aliphatic heterocycles. The third kappa shape index (κ3) is 2.91. The molecule has 1 aliphatic rings. The van der Waals surface area contributed by atoms with E-state index in [1.54, 1.807) is 12.2 Å². The highest BCUT2D eigenvalue weighted by Gasteiger charge is 2.27. The monoisotopic (exact) mass is 205 g/mol. The number of imide groups is 1. The van der Waals surface area contributed by atoms with Gasteiger partial charge in [-0.05, 0) is 18.9 Å². The van der Waals surface area contributed by atoms with E-state index in [0.717, 1.165) is 5.57 Å². The zero-order chi connectivity index (χ0) is 11.3. The summed E-state index contributed by atoms with van der Waals surface area (Å²) in [5.41, 5.74) is 0.930. The highest BCUT2D eigenvalue weighted by molar-refractivity contribution is 6.00. The molecule has 3 nitrogen and oxygen atoms in total. The van der Waals surface area contributed by atoms with Gasteiger partial charge in [0, 0.05) is 6.42 Å². The molecule has 1 atom stereocenters. The zero-order valence-electron chi connectivity index (χ0n) is 8.82. The van der Waals surface area contributed by atoms with Crippen LogP contribution in [-0.4, -0.2) is 11.8 Å². The van der Waals surface area contributed by atoms with Crippen molar-refractivity contribution in [3.63, 3.8) is 0 Å². The van der Waals surface area contributed by atoms with Gasteiger partial charge in [0.1, 0.15) is 0 Å². The topological polar surface area (TPSA) is 46.2 Å². The largest absolute Gasteiger partial charge is 0.296 e. The van der Waals surface area contributed by atoms with Crippen LogP contribution in [0.3, 0.4) is 0 Å². The summed E-state index contributed by atoms with van der Waals surface area (Å²) in [5, 5.41) is 2.34. The Hall–Kier alpha value is -1.64. The van der Waals surface area contributed by atoms with Gasteiger partial charge in [0.2, 0.25) is 11.8 Å². The minimum atomic E-state index is -0.205. The van der Waals surface area contributed by atoms with Gasteiger partial charge in [-0.1, -0.05) is 30.9 Å². The van der Waals surface area contributed by atoms with Gasteiger partial charge in [-0.2, -0.15) is 0 Å². The maximum atomic E-state index is 11.5. The molecule has 1 fully saturated rings. The lowest BCUT2D eigenvalue weighted by Gasteiger charge is -2.21. The van der Waals surface area contributed by atoms with Crippen LogP contribution in [0.2, 0.25) is 0 Å². The number of piperidine rings is 1. The summed E-state index contributed by atoms with van der Waals surface area (Å²) in [6.07, 6.45) is 8.20. The normalized spacial score (nSPS) is 23.0. The van der Waals surface area contributed by atoms with Crippen LogP contribution in [0.25, 0.3) is 0 Å². The number of allylic oxidation sites excluding steroid dienone is 4. The molecule has 2 amide bonds. The van der Waals surface area contributed by atoms with Crippen molar-refractivity contribution >= 4 is 11.8 Å². The number of amides is 2. The fourth-order valence-corrected chi connectivity index (χ4v) is 1.60. The van der Waals surface area contributed by atoms with Crippen LogP contribution in [0.4, 0.5) is 0 Å². The molecule has 1 rings (SSSR count). The summed E-state index contributed by atoms with van der Waals surface area (Å²) >= 11 is 0. The van der Waals surface area contributed by atoms with Gasteiger partial charge >= 0.3 is 0 Å². The van der Waals surface area contributed by atoms with Gasteiger partial charge in [-0.25, -0.2) is 0 Å². The molecule has 0 saturated carbocycles. The molecule has 0 aromatic heterocycles. The summed E-state index contributed by atoms with van der Waals surface area (Å²) in [4.78, 5) is 22.5. The molecule has 3 heteroatoms. The van der Waals surface area contributed by atoms with E-state index in [1.807, 2.05) is 19.1 Å². The lowest BCUT2D eigenvalue weighted by Crippen LogP contribution is -2.41. The van der Waals surface area contributed by atoms with Crippen molar-refractivity contribution in [1.29, 1.82) is 0 Å². The number of nitrogens with one attached hydrogen (secondary N) is 1. The SMILES string of the molecule is C=C/C=C\C(=C/C)C1CCC(=O)NC1=O. The molecule has 0 spiro atoms. The lowest BCUT2D eigenvalue weighted by atomic mass is 9.90. The van der Waals surface area contributed by atoms with E-state index in [0.29, 0.717) is 12.8 Å². The first-order valence-electron chi connectivity index (χ1n) is 4.98. The van der Waals surface area contributed by atoms with Gasteiger partial charge in [0.25, 0.3) is 0 Å². The Labute approximate surface area is 89.6 Å². The van der Waals surface area contributed by atoms with Crippen molar-refractivity contribution < 1.29 is 9.59 Å². The molecule has 1 unspecified atom stereocenters. The van der Waals surface area contributed by atoms with E-state index in [-0.39, 0.29) is 17.7 Å². The first-order valence-corrected chi connectivity index (χ1v) is 4.98. The van der Waals surface area contributed by atoms with Crippen LogP contribution >= 0.6 is 0 Å². The van der Waals surface area contributed by atoms with Crippen LogP contribution in [0.1, 0.15) is 19.8 Å². The van der Waals surface area contributed by atoms with Crippen LogP contribution in [0, 0.1) is 5.92 Å². The van der Waals surface area contributed by atoms with Crippen molar-refractivity contribution in [2.24, 2.45) is 5.92 Å². The Balaban J connectivity index is 2.77. The molecule has 0 aromatic carbocycles. The molecule has 0 aromatic rings. The lowest BCUT2D eigenvalue weighted by molar-refractivity contribution is -0.135. The number of hydrogen-bond acceptors (Lipinski definition) is 2. The van der Waals surface area contributed by atoms with Crippen LogP contribution in [-0.2, 0) is 9.59 Å². The molecule has 0 radical (unpaired) electrons. The smallest absolute Gasteiger partial charge is 0.234 e. The van der Waals surface area contributed by atoms with Crippen molar-refractivity contribution in [3.8, 4) is 0 Å².